The quantitative estimate of drug-likeness (QED) is 0.226. The number of thioether (sulfide) groups is 1. The maximum atomic E-state index is 12.4. The van der Waals surface area contributed by atoms with E-state index in [1.807, 2.05) is 6.26 Å². The molecule has 182 valence electrons. The summed E-state index contributed by atoms with van der Waals surface area (Å²) in [4.78, 5) is 21.5. The summed E-state index contributed by atoms with van der Waals surface area (Å²) < 4.78 is 17.8. The molecule has 11 heteroatoms. The Labute approximate surface area is 203 Å². The van der Waals surface area contributed by atoms with Crippen LogP contribution in [0, 0.1) is 0 Å². The Hall–Kier alpha value is -3.47. The van der Waals surface area contributed by atoms with E-state index in [0.29, 0.717) is 35.5 Å². The van der Waals surface area contributed by atoms with E-state index in [-0.39, 0.29) is 5.91 Å². The molecular formula is C23H30N6O4S. The van der Waals surface area contributed by atoms with Crippen LogP contribution in [-0.4, -0.2) is 66.3 Å². The average molecular weight is 487 g/mol. The van der Waals surface area contributed by atoms with E-state index in [1.165, 1.54) is 17.8 Å². The summed E-state index contributed by atoms with van der Waals surface area (Å²) in [7, 11) is 4.64. The van der Waals surface area contributed by atoms with Crippen molar-refractivity contribution < 1.29 is 19.0 Å². The number of carbonyl (C=O) groups is 1. The number of nitrogens with zero attached hydrogens (tertiary/aromatic N) is 4. The number of nitrogens with one attached hydrogen (secondary N) is 2. The second-order valence-electron chi connectivity index (χ2n) is 7.17. The van der Waals surface area contributed by atoms with Crippen molar-refractivity contribution in [3.8, 4) is 17.2 Å². The highest BCUT2D eigenvalue weighted by atomic mass is 32.2. The van der Waals surface area contributed by atoms with Gasteiger partial charge < -0.3 is 24.8 Å². The van der Waals surface area contributed by atoms with Crippen LogP contribution in [0.3, 0.4) is 0 Å². The lowest BCUT2D eigenvalue weighted by atomic mass is 10.1. The number of hydrogen-bond acceptors (Lipinski definition) is 9. The second kappa shape index (κ2) is 12.1. The fraction of sp³-hybridized carbons (Fsp3) is 0.391. The van der Waals surface area contributed by atoms with Crippen LogP contribution in [0.4, 0.5) is 5.82 Å². The third-order valence-electron chi connectivity index (χ3n) is 4.94. The Kier molecular flexibility index (Phi) is 8.97. The maximum Gasteiger partial charge on any atom is 0.244 e. The fourth-order valence-corrected chi connectivity index (χ4v) is 3.64. The highest BCUT2D eigenvalue weighted by molar-refractivity contribution is 7.98. The Morgan fingerprint density at radius 2 is 1.85 bits per heavy atom. The van der Waals surface area contributed by atoms with Crippen LogP contribution < -0.4 is 24.8 Å². The molecule has 0 spiro atoms. The number of rotatable bonds is 12. The largest absolute Gasteiger partial charge is 0.493 e. The molecular weight excluding hydrogens is 456 g/mol. The maximum absolute atomic E-state index is 12.4. The first-order valence-electron chi connectivity index (χ1n) is 10.8. The minimum absolute atomic E-state index is 0.227. The molecule has 0 saturated carbocycles. The molecule has 0 bridgehead atoms. The van der Waals surface area contributed by atoms with Crippen molar-refractivity contribution in [2.24, 2.45) is 0 Å². The number of hydrogen-bond donors (Lipinski definition) is 2. The van der Waals surface area contributed by atoms with Gasteiger partial charge in [-0.3, -0.25) is 4.79 Å². The Morgan fingerprint density at radius 1 is 1.12 bits per heavy atom. The molecule has 0 fully saturated rings. The van der Waals surface area contributed by atoms with Crippen molar-refractivity contribution in [3.05, 3.63) is 30.0 Å². The van der Waals surface area contributed by atoms with E-state index in [1.54, 1.807) is 50.4 Å². The van der Waals surface area contributed by atoms with Gasteiger partial charge in [0.2, 0.25) is 11.7 Å². The topological polar surface area (TPSA) is 112 Å². The van der Waals surface area contributed by atoms with Gasteiger partial charge in [0.05, 0.1) is 39.5 Å². The van der Waals surface area contributed by atoms with Gasteiger partial charge in [0.1, 0.15) is 5.82 Å². The minimum atomic E-state index is -0.227. The molecule has 0 aliphatic rings. The van der Waals surface area contributed by atoms with E-state index in [9.17, 15) is 4.79 Å². The van der Waals surface area contributed by atoms with Gasteiger partial charge in [-0.25, -0.2) is 14.6 Å². The molecule has 0 atom stereocenters. The highest BCUT2D eigenvalue weighted by Gasteiger charge is 2.14. The number of carbonyl (C=O) groups excluding carboxylic acids is 1. The molecule has 2 N–H and O–H groups in total. The van der Waals surface area contributed by atoms with Gasteiger partial charge in [0.15, 0.2) is 22.3 Å². The first kappa shape index (κ1) is 25.2. The molecule has 34 heavy (non-hydrogen) atoms. The Bertz CT molecular complexity index is 1140. The van der Waals surface area contributed by atoms with E-state index < -0.39 is 0 Å². The lowest BCUT2D eigenvalue weighted by molar-refractivity contribution is -0.116. The van der Waals surface area contributed by atoms with Crippen LogP contribution in [-0.2, 0) is 11.3 Å². The van der Waals surface area contributed by atoms with Crippen LogP contribution >= 0.6 is 11.8 Å². The van der Waals surface area contributed by atoms with E-state index in [2.05, 4.69) is 32.6 Å². The first-order chi connectivity index (χ1) is 16.5. The van der Waals surface area contributed by atoms with Crippen molar-refractivity contribution in [1.29, 1.82) is 0 Å². The normalized spacial score (nSPS) is 11.1. The van der Waals surface area contributed by atoms with Gasteiger partial charge >= 0.3 is 0 Å². The smallest absolute Gasteiger partial charge is 0.244 e. The van der Waals surface area contributed by atoms with E-state index >= 15 is 0 Å². The summed E-state index contributed by atoms with van der Waals surface area (Å²) in [5.41, 5.74) is 1.48. The molecule has 0 radical (unpaired) electrons. The van der Waals surface area contributed by atoms with Crippen molar-refractivity contribution in [3.63, 3.8) is 0 Å². The monoisotopic (exact) mass is 486 g/mol. The van der Waals surface area contributed by atoms with Crippen LogP contribution in [0.1, 0.15) is 18.9 Å². The molecule has 2 aromatic heterocycles. The number of aromatic nitrogens is 4. The zero-order valence-corrected chi connectivity index (χ0v) is 20.9. The van der Waals surface area contributed by atoms with Crippen molar-refractivity contribution in [1.82, 2.24) is 25.1 Å². The minimum Gasteiger partial charge on any atom is -0.493 e. The fourth-order valence-electron chi connectivity index (χ4n) is 3.28. The first-order valence-corrected chi connectivity index (χ1v) is 12.0. The number of ether oxygens (including phenoxy) is 3. The third kappa shape index (κ3) is 5.90. The predicted octanol–water partition coefficient (Wildman–Crippen LogP) is 3.23. The van der Waals surface area contributed by atoms with Gasteiger partial charge in [-0.2, -0.15) is 5.10 Å². The molecule has 1 amide bonds. The average Bonchev–Trinajstić information content (AvgIpc) is 3.27. The highest BCUT2D eigenvalue weighted by Crippen LogP contribution is 2.38. The third-order valence-corrected chi connectivity index (χ3v) is 5.49. The van der Waals surface area contributed by atoms with E-state index in [4.69, 9.17) is 14.2 Å². The second-order valence-corrected chi connectivity index (χ2v) is 7.95. The summed E-state index contributed by atoms with van der Waals surface area (Å²) in [6.45, 7) is 3.79. The summed E-state index contributed by atoms with van der Waals surface area (Å²) >= 11 is 1.48. The lowest BCUT2D eigenvalue weighted by Gasteiger charge is -2.12. The zero-order chi connectivity index (χ0) is 24.5. The summed E-state index contributed by atoms with van der Waals surface area (Å²) in [5.74, 6) is 2.09. The van der Waals surface area contributed by atoms with Crippen LogP contribution in [0.5, 0.6) is 17.2 Å². The molecule has 0 aliphatic carbocycles. The number of fused-ring (bicyclic) bond motifs is 1. The van der Waals surface area contributed by atoms with Crippen molar-refractivity contribution >= 4 is 40.6 Å². The SMILES string of the molecule is CCCNc1nc(SC)nc2c1cnn2CCNC(=O)C=Cc1cc(OC)c(OC)c(OC)c1. The molecule has 3 rings (SSSR count). The Balaban J connectivity index is 1.66. The van der Waals surface area contributed by atoms with Gasteiger partial charge in [-0.05, 0) is 36.4 Å². The molecule has 3 aromatic rings. The molecule has 10 nitrogen and oxygen atoms in total. The van der Waals surface area contributed by atoms with Crippen molar-refractivity contribution in [2.75, 3.05) is 46.0 Å². The van der Waals surface area contributed by atoms with E-state index in [0.717, 1.165) is 35.4 Å². The van der Waals surface area contributed by atoms with Crippen LogP contribution in [0.2, 0.25) is 0 Å². The number of amides is 1. The zero-order valence-electron chi connectivity index (χ0n) is 20.0. The van der Waals surface area contributed by atoms with Crippen LogP contribution in [0.15, 0.2) is 29.6 Å². The van der Waals surface area contributed by atoms with Gasteiger partial charge in [-0.1, -0.05) is 18.7 Å². The van der Waals surface area contributed by atoms with Crippen molar-refractivity contribution in [2.45, 2.75) is 25.0 Å². The van der Waals surface area contributed by atoms with Crippen LogP contribution in [0.25, 0.3) is 17.1 Å². The lowest BCUT2D eigenvalue weighted by Crippen LogP contribution is -2.25. The van der Waals surface area contributed by atoms with Gasteiger partial charge in [-0.15, -0.1) is 0 Å². The van der Waals surface area contributed by atoms with Gasteiger partial charge in [0, 0.05) is 19.2 Å². The number of anilines is 1. The molecule has 1 aromatic carbocycles. The molecule has 2 heterocycles. The molecule has 0 unspecified atom stereocenters. The Morgan fingerprint density at radius 3 is 2.47 bits per heavy atom. The van der Waals surface area contributed by atoms with Gasteiger partial charge in [0.25, 0.3) is 0 Å². The molecule has 0 aliphatic heterocycles. The number of methoxy groups -OCH3 is 3. The number of benzene rings is 1. The molecule has 0 saturated heterocycles. The predicted molar refractivity (Wildman–Crippen MR) is 134 cm³/mol. The standard InChI is InChI=1S/C23H30N6O4S/c1-6-9-25-21-16-14-26-29(22(16)28-23(27-21)34-5)11-10-24-19(30)8-7-15-12-17(31-2)20(33-4)18(13-15)32-3/h7-8,12-14H,6,9-11H2,1-5H3,(H,24,30)(H,25,27,28). The summed E-state index contributed by atoms with van der Waals surface area (Å²) in [6.07, 6.45) is 7.83. The summed E-state index contributed by atoms with van der Waals surface area (Å²) in [5, 5.41) is 12.2. The summed E-state index contributed by atoms with van der Waals surface area (Å²) in [6, 6.07) is 3.54.